The maximum absolute atomic E-state index is 12.6. The first-order valence-electron chi connectivity index (χ1n) is 11.9. The molecule has 1 amide bonds. The molecule has 1 atom stereocenters. The van der Waals surface area contributed by atoms with Crippen molar-refractivity contribution in [3.05, 3.63) is 4.77 Å². The van der Waals surface area contributed by atoms with E-state index in [2.05, 4.69) is 40.5 Å². The maximum atomic E-state index is 12.6. The molecule has 4 rings (SSSR count). The molecule has 0 spiro atoms. The summed E-state index contributed by atoms with van der Waals surface area (Å²) in [5.41, 5.74) is 0. The molecule has 0 bridgehead atoms. The molecular formula is C22H38N6OS. The number of aromatic nitrogens is 3. The van der Waals surface area contributed by atoms with Crippen molar-refractivity contribution in [2.45, 2.75) is 84.5 Å². The number of amides is 1. The van der Waals surface area contributed by atoms with Crippen molar-refractivity contribution in [3.63, 3.8) is 0 Å². The summed E-state index contributed by atoms with van der Waals surface area (Å²) in [5, 5.41) is 8.17. The lowest BCUT2D eigenvalue weighted by atomic mass is 9.95. The number of rotatable bonds is 7. The first-order valence-corrected chi connectivity index (χ1v) is 12.3. The van der Waals surface area contributed by atoms with E-state index in [-0.39, 0.29) is 17.9 Å². The maximum Gasteiger partial charge on any atom is 0.226 e. The van der Waals surface area contributed by atoms with Gasteiger partial charge in [-0.05, 0) is 70.0 Å². The van der Waals surface area contributed by atoms with Crippen LogP contribution < -0.4 is 10.2 Å². The van der Waals surface area contributed by atoms with Crippen LogP contribution in [0, 0.1) is 16.6 Å². The molecule has 1 N–H and O–H groups in total. The molecule has 0 radical (unpaired) electrons. The van der Waals surface area contributed by atoms with Gasteiger partial charge in [-0.15, -0.1) is 5.10 Å². The molecule has 2 aliphatic heterocycles. The van der Waals surface area contributed by atoms with Crippen LogP contribution in [-0.2, 0) is 11.5 Å². The molecule has 1 aromatic heterocycles. The number of nitrogens with one attached hydrogen (secondary N) is 1. The Kier molecular flexibility index (Phi) is 6.82. The van der Waals surface area contributed by atoms with E-state index in [1.807, 2.05) is 4.68 Å². The zero-order valence-corrected chi connectivity index (χ0v) is 19.7. The predicted molar refractivity (Wildman–Crippen MR) is 122 cm³/mol. The van der Waals surface area contributed by atoms with Crippen molar-refractivity contribution in [1.82, 2.24) is 24.6 Å². The van der Waals surface area contributed by atoms with E-state index < -0.39 is 0 Å². The second-order valence-corrected chi connectivity index (χ2v) is 10.2. The summed E-state index contributed by atoms with van der Waals surface area (Å²) in [7, 11) is 0. The Bertz CT molecular complexity index is 784. The fourth-order valence-corrected chi connectivity index (χ4v) is 4.83. The number of nitrogens with zero attached hydrogens (tertiary/aromatic N) is 5. The van der Waals surface area contributed by atoms with Crippen molar-refractivity contribution in [1.29, 1.82) is 0 Å². The zero-order chi connectivity index (χ0) is 21.3. The van der Waals surface area contributed by atoms with Crippen LogP contribution in [0.15, 0.2) is 0 Å². The van der Waals surface area contributed by atoms with Crippen molar-refractivity contribution in [2.75, 3.05) is 31.1 Å². The van der Waals surface area contributed by atoms with Crippen LogP contribution in [-0.4, -0.2) is 57.4 Å². The average Bonchev–Trinajstić information content (AvgIpc) is 3.53. The minimum Gasteiger partial charge on any atom is -0.353 e. The van der Waals surface area contributed by atoms with Gasteiger partial charge in [-0.25, -0.2) is 4.68 Å². The van der Waals surface area contributed by atoms with Gasteiger partial charge in [0, 0.05) is 44.2 Å². The summed E-state index contributed by atoms with van der Waals surface area (Å²) < 4.78 is 5.20. The SMILES string of the molecule is CC(C)C(C)NC(=O)C1CCN(Cn2nc(N3CCCCC3)n(C3CC3)c2=S)CC1. The highest BCUT2D eigenvalue weighted by molar-refractivity contribution is 7.71. The van der Waals surface area contributed by atoms with Gasteiger partial charge in [0.1, 0.15) is 0 Å². The fraction of sp³-hybridized carbons (Fsp3) is 0.864. The molecule has 3 aliphatic rings. The summed E-state index contributed by atoms with van der Waals surface area (Å²) in [6.07, 6.45) is 8.06. The highest BCUT2D eigenvalue weighted by atomic mass is 32.1. The molecular weight excluding hydrogens is 396 g/mol. The topological polar surface area (TPSA) is 58.3 Å². The third kappa shape index (κ3) is 4.90. The molecule has 168 valence electrons. The molecule has 2 saturated heterocycles. The Morgan fingerprint density at radius 3 is 2.33 bits per heavy atom. The first kappa shape index (κ1) is 21.8. The van der Waals surface area contributed by atoms with Gasteiger partial charge in [-0.3, -0.25) is 14.3 Å². The normalized spacial score (nSPS) is 22.5. The quantitative estimate of drug-likeness (QED) is 0.665. The lowest BCUT2D eigenvalue weighted by molar-refractivity contribution is -0.127. The monoisotopic (exact) mass is 434 g/mol. The molecule has 1 aromatic rings. The summed E-state index contributed by atoms with van der Waals surface area (Å²) in [6.45, 7) is 11.1. The van der Waals surface area contributed by atoms with E-state index in [4.69, 9.17) is 17.3 Å². The van der Waals surface area contributed by atoms with Gasteiger partial charge >= 0.3 is 0 Å². The third-order valence-electron chi connectivity index (χ3n) is 7.07. The van der Waals surface area contributed by atoms with Gasteiger partial charge in [0.15, 0.2) is 0 Å². The van der Waals surface area contributed by atoms with Crippen molar-refractivity contribution < 1.29 is 4.79 Å². The highest BCUT2D eigenvalue weighted by Crippen LogP contribution is 2.38. The Hall–Kier alpha value is -1.41. The number of carbonyl (C=O) groups excluding carboxylic acids is 1. The fourth-order valence-electron chi connectivity index (χ4n) is 4.50. The molecule has 1 unspecified atom stereocenters. The van der Waals surface area contributed by atoms with Crippen LogP contribution in [0.1, 0.15) is 71.8 Å². The number of piperidine rings is 2. The van der Waals surface area contributed by atoms with Gasteiger partial charge in [-0.1, -0.05) is 13.8 Å². The van der Waals surface area contributed by atoms with E-state index >= 15 is 0 Å². The van der Waals surface area contributed by atoms with Gasteiger partial charge in [-0.2, -0.15) is 0 Å². The molecule has 7 nitrogen and oxygen atoms in total. The Morgan fingerprint density at radius 2 is 1.73 bits per heavy atom. The molecule has 1 aliphatic carbocycles. The molecule has 8 heteroatoms. The van der Waals surface area contributed by atoms with Crippen LogP contribution >= 0.6 is 12.2 Å². The average molecular weight is 435 g/mol. The number of hydrogen-bond acceptors (Lipinski definition) is 5. The molecule has 0 aromatic carbocycles. The second-order valence-electron chi connectivity index (χ2n) is 9.81. The van der Waals surface area contributed by atoms with Crippen molar-refractivity contribution in [2.24, 2.45) is 11.8 Å². The van der Waals surface area contributed by atoms with Crippen LogP contribution in [0.25, 0.3) is 0 Å². The van der Waals surface area contributed by atoms with Gasteiger partial charge in [0.05, 0.1) is 6.67 Å². The summed E-state index contributed by atoms with van der Waals surface area (Å²) in [4.78, 5) is 17.4. The van der Waals surface area contributed by atoms with Crippen LogP contribution in [0.3, 0.4) is 0 Å². The van der Waals surface area contributed by atoms with E-state index in [1.54, 1.807) is 0 Å². The highest BCUT2D eigenvalue weighted by Gasteiger charge is 2.32. The predicted octanol–water partition coefficient (Wildman–Crippen LogP) is 3.57. The van der Waals surface area contributed by atoms with E-state index in [1.165, 1.54) is 32.1 Å². The summed E-state index contributed by atoms with van der Waals surface area (Å²) in [6, 6.07) is 0.772. The lowest BCUT2D eigenvalue weighted by Crippen LogP contribution is -2.44. The molecule has 1 saturated carbocycles. The van der Waals surface area contributed by atoms with E-state index in [9.17, 15) is 4.79 Å². The molecule has 3 fully saturated rings. The van der Waals surface area contributed by atoms with Crippen LogP contribution in [0.2, 0.25) is 0 Å². The smallest absolute Gasteiger partial charge is 0.226 e. The Morgan fingerprint density at radius 1 is 1.07 bits per heavy atom. The van der Waals surface area contributed by atoms with Gasteiger partial charge in [0.25, 0.3) is 0 Å². The van der Waals surface area contributed by atoms with E-state index in [0.29, 0.717) is 12.0 Å². The number of likely N-dealkylation sites (tertiary alicyclic amines) is 1. The number of hydrogen-bond donors (Lipinski definition) is 1. The number of carbonyl (C=O) groups is 1. The third-order valence-corrected chi connectivity index (χ3v) is 7.47. The summed E-state index contributed by atoms with van der Waals surface area (Å²) in [5.74, 6) is 1.90. The second kappa shape index (κ2) is 9.39. The minimum atomic E-state index is 0.128. The van der Waals surface area contributed by atoms with Gasteiger partial charge < -0.3 is 10.2 Å². The van der Waals surface area contributed by atoms with Crippen LogP contribution in [0.5, 0.6) is 0 Å². The standard InChI is InChI=1S/C22H38N6OS/c1-16(2)17(3)23-20(29)18-9-13-25(14-10-18)15-27-22(30)28(19-7-8-19)21(24-27)26-11-5-4-6-12-26/h16-19H,4-15H2,1-3H3,(H,23,29). The zero-order valence-electron chi connectivity index (χ0n) is 18.8. The lowest BCUT2D eigenvalue weighted by Gasteiger charge is -2.32. The Balaban J connectivity index is 1.37. The van der Waals surface area contributed by atoms with Crippen LogP contribution in [0.4, 0.5) is 5.95 Å². The van der Waals surface area contributed by atoms with Gasteiger partial charge in [0.2, 0.25) is 16.6 Å². The molecule has 3 heterocycles. The molecule has 30 heavy (non-hydrogen) atoms. The number of anilines is 1. The minimum absolute atomic E-state index is 0.128. The Labute approximate surface area is 185 Å². The largest absolute Gasteiger partial charge is 0.353 e. The van der Waals surface area contributed by atoms with Crippen molar-refractivity contribution in [3.8, 4) is 0 Å². The summed E-state index contributed by atoms with van der Waals surface area (Å²) >= 11 is 5.85. The van der Waals surface area contributed by atoms with E-state index in [0.717, 1.165) is 56.4 Å². The van der Waals surface area contributed by atoms with Crippen molar-refractivity contribution >= 4 is 24.1 Å². The first-order chi connectivity index (χ1) is 14.4.